The van der Waals surface area contributed by atoms with E-state index in [-0.39, 0.29) is 19.1 Å². The molecule has 0 atom stereocenters. The largest absolute Gasteiger partial charge is 0.497 e. The highest BCUT2D eigenvalue weighted by Crippen LogP contribution is 2.15. The highest BCUT2D eigenvalue weighted by Gasteiger charge is 2.09. The highest BCUT2D eigenvalue weighted by atomic mass is 16.6. The Labute approximate surface area is 146 Å². The molecule has 0 aliphatic rings. The standard InChI is InChI=1S/C19H21NO5/c1-14-5-3-4-6-17(14)24-13-19(22)25-12-18(21)20-11-15-7-9-16(23-2)10-8-15/h3-10H,11-13H2,1-2H3,(H,20,21). The fraction of sp³-hybridized carbons (Fsp3) is 0.263. The zero-order chi connectivity index (χ0) is 18.1. The number of para-hydroxylation sites is 1. The number of rotatable bonds is 8. The molecule has 0 aromatic heterocycles. The van der Waals surface area contributed by atoms with Crippen molar-refractivity contribution in [2.75, 3.05) is 20.3 Å². The van der Waals surface area contributed by atoms with E-state index < -0.39 is 5.97 Å². The molecule has 1 amide bonds. The van der Waals surface area contributed by atoms with Crippen LogP contribution >= 0.6 is 0 Å². The van der Waals surface area contributed by atoms with Crippen molar-refractivity contribution >= 4 is 11.9 Å². The third-order valence-corrected chi connectivity index (χ3v) is 3.45. The molecule has 132 valence electrons. The molecule has 2 aromatic rings. The van der Waals surface area contributed by atoms with E-state index in [1.807, 2.05) is 49.4 Å². The smallest absolute Gasteiger partial charge is 0.344 e. The minimum absolute atomic E-state index is 0.239. The van der Waals surface area contributed by atoms with Gasteiger partial charge in [-0.1, -0.05) is 30.3 Å². The predicted octanol–water partition coefficient (Wildman–Crippen LogP) is 2.24. The second-order valence-corrected chi connectivity index (χ2v) is 5.34. The molecule has 0 heterocycles. The van der Waals surface area contributed by atoms with E-state index >= 15 is 0 Å². The monoisotopic (exact) mass is 343 g/mol. The number of aryl methyl sites for hydroxylation is 1. The number of carbonyl (C=O) groups excluding carboxylic acids is 2. The van der Waals surface area contributed by atoms with Gasteiger partial charge in [0.2, 0.25) is 0 Å². The summed E-state index contributed by atoms with van der Waals surface area (Å²) in [6.07, 6.45) is 0. The van der Waals surface area contributed by atoms with Gasteiger partial charge in [0.25, 0.3) is 5.91 Å². The molecule has 0 bridgehead atoms. The van der Waals surface area contributed by atoms with Crippen molar-refractivity contribution in [3.63, 3.8) is 0 Å². The van der Waals surface area contributed by atoms with Crippen molar-refractivity contribution in [2.45, 2.75) is 13.5 Å². The van der Waals surface area contributed by atoms with Gasteiger partial charge in [0.1, 0.15) is 11.5 Å². The average Bonchev–Trinajstić information content (AvgIpc) is 2.64. The summed E-state index contributed by atoms with van der Waals surface area (Å²) in [6.45, 7) is 1.65. The summed E-state index contributed by atoms with van der Waals surface area (Å²) in [6, 6.07) is 14.7. The van der Waals surface area contributed by atoms with Crippen molar-refractivity contribution < 1.29 is 23.8 Å². The van der Waals surface area contributed by atoms with E-state index in [1.54, 1.807) is 13.2 Å². The van der Waals surface area contributed by atoms with Gasteiger partial charge in [0.05, 0.1) is 7.11 Å². The zero-order valence-corrected chi connectivity index (χ0v) is 14.3. The van der Waals surface area contributed by atoms with Crippen LogP contribution in [-0.4, -0.2) is 32.2 Å². The number of benzene rings is 2. The molecule has 2 aromatic carbocycles. The fourth-order valence-corrected chi connectivity index (χ4v) is 2.04. The Balaban J connectivity index is 1.66. The van der Waals surface area contributed by atoms with Gasteiger partial charge in [-0.05, 0) is 36.2 Å². The Morgan fingerprint density at radius 1 is 1.00 bits per heavy atom. The summed E-state index contributed by atoms with van der Waals surface area (Å²) in [5, 5.41) is 2.68. The van der Waals surface area contributed by atoms with E-state index in [4.69, 9.17) is 14.2 Å². The first-order valence-corrected chi connectivity index (χ1v) is 7.82. The Morgan fingerprint density at radius 2 is 1.72 bits per heavy atom. The van der Waals surface area contributed by atoms with E-state index in [0.717, 1.165) is 16.9 Å². The third-order valence-electron chi connectivity index (χ3n) is 3.45. The maximum absolute atomic E-state index is 11.7. The number of amides is 1. The van der Waals surface area contributed by atoms with Crippen molar-refractivity contribution in [1.29, 1.82) is 0 Å². The molecule has 0 saturated carbocycles. The first-order chi connectivity index (χ1) is 12.1. The summed E-state index contributed by atoms with van der Waals surface area (Å²) < 4.78 is 15.3. The maximum Gasteiger partial charge on any atom is 0.344 e. The number of ether oxygens (including phenoxy) is 3. The Kier molecular flexibility index (Phi) is 6.83. The molecule has 6 nitrogen and oxygen atoms in total. The lowest BCUT2D eigenvalue weighted by molar-refractivity contribution is -0.150. The van der Waals surface area contributed by atoms with E-state index in [9.17, 15) is 9.59 Å². The summed E-state index contributed by atoms with van der Waals surface area (Å²) in [7, 11) is 1.59. The molecule has 0 aliphatic carbocycles. The van der Waals surface area contributed by atoms with Gasteiger partial charge in [-0.15, -0.1) is 0 Å². The molecule has 25 heavy (non-hydrogen) atoms. The normalized spacial score (nSPS) is 10.0. The second-order valence-electron chi connectivity index (χ2n) is 5.34. The maximum atomic E-state index is 11.7. The summed E-state index contributed by atoms with van der Waals surface area (Å²) in [4.78, 5) is 23.4. The van der Waals surface area contributed by atoms with E-state index in [0.29, 0.717) is 12.3 Å². The molecule has 0 radical (unpaired) electrons. The van der Waals surface area contributed by atoms with Crippen molar-refractivity contribution in [1.82, 2.24) is 5.32 Å². The first-order valence-electron chi connectivity index (χ1n) is 7.82. The fourth-order valence-electron chi connectivity index (χ4n) is 2.04. The molecule has 0 spiro atoms. The van der Waals surface area contributed by atoms with Crippen molar-refractivity contribution in [2.24, 2.45) is 0 Å². The van der Waals surface area contributed by atoms with Gasteiger partial charge in [-0.3, -0.25) is 4.79 Å². The summed E-state index contributed by atoms with van der Waals surface area (Å²) >= 11 is 0. The van der Waals surface area contributed by atoms with Gasteiger partial charge in [0, 0.05) is 6.54 Å². The molecule has 2 rings (SSSR count). The molecule has 6 heteroatoms. The van der Waals surface area contributed by atoms with Crippen LogP contribution in [0.4, 0.5) is 0 Å². The SMILES string of the molecule is COc1ccc(CNC(=O)COC(=O)COc2ccccc2C)cc1. The third kappa shape index (κ3) is 6.18. The van der Waals surface area contributed by atoms with Crippen LogP contribution in [-0.2, 0) is 20.9 Å². The number of hydrogen-bond donors (Lipinski definition) is 1. The molecule has 0 fully saturated rings. The van der Waals surface area contributed by atoms with Gasteiger partial charge in [-0.2, -0.15) is 0 Å². The van der Waals surface area contributed by atoms with Crippen LogP contribution in [0.5, 0.6) is 11.5 Å². The number of hydrogen-bond acceptors (Lipinski definition) is 5. The molecular weight excluding hydrogens is 322 g/mol. The van der Waals surface area contributed by atoms with Gasteiger partial charge in [-0.25, -0.2) is 4.79 Å². The lowest BCUT2D eigenvalue weighted by Crippen LogP contribution is -2.29. The van der Waals surface area contributed by atoms with Crippen LogP contribution in [0.25, 0.3) is 0 Å². The topological polar surface area (TPSA) is 73.9 Å². The Morgan fingerprint density at radius 3 is 2.40 bits per heavy atom. The second kappa shape index (κ2) is 9.32. The highest BCUT2D eigenvalue weighted by molar-refractivity contribution is 5.80. The van der Waals surface area contributed by atoms with Crippen LogP contribution in [0.3, 0.4) is 0 Å². The zero-order valence-electron chi connectivity index (χ0n) is 14.3. The van der Waals surface area contributed by atoms with Crippen LogP contribution in [0.15, 0.2) is 48.5 Å². The molecule has 0 saturated heterocycles. The summed E-state index contributed by atoms with van der Waals surface area (Å²) in [5.41, 5.74) is 1.84. The number of methoxy groups -OCH3 is 1. The Hall–Kier alpha value is -3.02. The summed E-state index contributed by atoms with van der Waals surface area (Å²) in [5.74, 6) is 0.393. The van der Waals surface area contributed by atoms with E-state index in [2.05, 4.69) is 5.32 Å². The Bertz CT molecular complexity index is 712. The number of carbonyl (C=O) groups is 2. The minimum Gasteiger partial charge on any atom is -0.497 e. The van der Waals surface area contributed by atoms with Gasteiger partial charge in [0.15, 0.2) is 13.2 Å². The average molecular weight is 343 g/mol. The molecule has 0 aliphatic heterocycles. The van der Waals surface area contributed by atoms with Crippen LogP contribution in [0.1, 0.15) is 11.1 Å². The molecule has 1 N–H and O–H groups in total. The van der Waals surface area contributed by atoms with Crippen LogP contribution in [0.2, 0.25) is 0 Å². The predicted molar refractivity (Wildman–Crippen MR) is 92.5 cm³/mol. The lowest BCUT2D eigenvalue weighted by atomic mass is 10.2. The van der Waals surface area contributed by atoms with Gasteiger partial charge < -0.3 is 19.5 Å². The molecular formula is C19H21NO5. The van der Waals surface area contributed by atoms with Crippen molar-refractivity contribution in [3.8, 4) is 11.5 Å². The lowest BCUT2D eigenvalue weighted by Gasteiger charge is -2.09. The van der Waals surface area contributed by atoms with Crippen molar-refractivity contribution in [3.05, 3.63) is 59.7 Å². The number of nitrogens with one attached hydrogen (secondary N) is 1. The quantitative estimate of drug-likeness (QED) is 0.744. The first kappa shape index (κ1) is 18.3. The van der Waals surface area contributed by atoms with Crippen LogP contribution < -0.4 is 14.8 Å². The van der Waals surface area contributed by atoms with E-state index in [1.165, 1.54) is 0 Å². The molecule has 0 unspecified atom stereocenters. The van der Waals surface area contributed by atoms with Crippen LogP contribution in [0, 0.1) is 6.92 Å². The minimum atomic E-state index is -0.595. The number of esters is 1. The van der Waals surface area contributed by atoms with Gasteiger partial charge >= 0.3 is 5.97 Å².